The number of nitrogens with one attached hydrogen (secondary N) is 1. The summed E-state index contributed by atoms with van der Waals surface area (Å²) < 4.78 is 11.0. The maximum absolute atomic E-state index is 11.8. The van der Waals surface area contributed by atoms with Gasteiger partial charge in [0.2, 0.25) is 0 Å². The number of hydrogen-bond acceptors (Lipinski definition) is 6. The molecule has 1 N–H and O–H groups in total. The number of amides is 1. The van der Waals surface area contributed by atoms with Crippen LogP contribution < -0.4 is 10.2 Å². The Kier molecular flexibility index (Phi) is 5.81. The van der Waals surface area contributed by atoms with E-state index in [0.29, 0.717) is 22.8 Å². The molecule has 0 radical (unpaired) electrons. The lowest BCUT2D eigenvalue weighted by molar-refractivity contribution is -0.384. The summed E-state index contributed by atoms with van der Waals surface area (Å²) in [5.41, 5.74) is 3.83. The van der Waals surface area contributed by atoms with Gasteiger partial charge in [0.15, 0.2) is 6.61 Å². The maximum atomic E-state index is 11.8. The van der Waals surface area contributed by atoms with Gasteiger partial charge < -0.3 is 9.15 Å². The third-order valence-corrected chi connectivity index (χ3v) is 3.80. The van der Waals surface area contributed by atoms with E-state index in [1.54, 1.807) is 30.3 Å². The number of rotatable bonds is 7. The van der Waals surface area contributed by atoms with Gasteiger partial charge in [0.05, 0.1) is 11.1 Å². The first-order valence-electron chi connectivity index (χ1n) is 8.38. The van der Waals surface area contributed by atoms with E-state index in [-0.39, 0.29) is 12.3 Å². The van der Waals surface area contributed by atoms with Crippen LogP contribution in [0.1, 0.15) is 11.3 Å². The summed E-state index contributed by atoms with van der Waals surface area (Å²) in [5.74, 6) is 1.07. The zero-order valence-electron chi connectivity index (χ0n) is 15.0. The number of nitro benzene ring substituents is 1. The van der Waals surface area contributed by atoms with Crippen LogP contribution in [-0.2, 0) is 4.79 Å². The molecule has 1 aromatic heterocycles. The Hall–Kier alpha value is -3.94. The lowest BCUT2D eigenvalue weighted by Crippen LogP contribution is -2.24. The largest absolute Gasteiger partial charge is 0.483 e. The fourth-order valence-electron chi connectivity index (χ4n) is 2.41. The molecule has 0 atom stereocenters. The van der Waals surface area contributed by atoms with Crippen molar-refractivity contribution >= 4 is 17.8 Å². The van der Waals surface area contributed by atoms with Crippen molar-refractivity contribution in [1.82, 2.24) is 5.43 Å². The van der Waals surface area contributed by atoms with Crippen LogP contribution in [0.3, 0.4) is 0 Å². The SMILES string of the molecule is Cc1ccccc1OCC(=O)N/N=C/c1ccc(-c2cccc([N+](=O)[O-])c2)o1. The molecule has 142 valence electrons. The quantitative estimate of drug-likeness (QED) is 0.383. The van der Waals surface area contributed by atoms with Crippen LogP contribution in [-0.4, -0.2) is 23.7 Å². The number of carbonyl (C=O) groups excluding carboxylic acids is 1. The van der Waals surface area contributed by atoms with E-state index in [1.807, 2.05) is 25.1 Å². The molecular formula is C20H17N3O5. The molecule has 0 aliphatic carbocycles. The Bertz CT molecular complexity index is 1030. The lowest BCUT2D eigenvalue weighted by atomic mass is 10.1. The van der Waals surface area contributed by atoms with Crippen molar-refractivity contribution < 1.29 is 18.9 Å². The van der Waals surface area contributed by atoms with Gasteiger partial charge in [-0.25, -0.2) is 5.43 Å². The highest BCUT2D eigenvalue weighted by Gasteiger charge is 2.10. The van der Waals surface area contributed by atoms with Crippen molar-refractivity contribution in [3.05, 3.63) is 82.1 Å². The zero-order valence-corrected chi connectivity index (χ0v) is 15.0. The molecule has 0 fully saturated rings. The number of ether oxygens (including phenoxy) is 1. The summed E-state index contributed by atoms with van der Waals surface area (Å²) >= 11 is 0. The molecule has 3 aromatic rings. The smallest absolute Gasteiger partial charge is 0.277 e. The van der Waals surface area contributed by atoms with E-state index in [9.17, 15) is 14.9 Å². The van der Waals surface area contributed by atoms with Gasteiger partial charge in [-0.3, -0.25) is 14.9 Å². The first kappa shape index (κ1) is 18.8. The van der Waals surface area contributed by atoms with Crippen molar-refractivity contribution in [2.24, 2.45) is 5.10 Å². The monoisotopic (exact) mass is 379 g/mol. The van der Waals surface area contributed by atoms with Gasteiger partial charge in [0.1, 0.15) is 17.3 Å². The number of hydrazone groups is 1. The Morgan fingerprint density at radius 2 is 2.04 bits per heavy atom. The molecule has 28 heavy (non-hydrogen) atoms. The van der Waals surface area contributed by atoms with Crippen LogP contribution in [0.5, 0.6) is 5.75 Å². The normalized spacial score (nSPS) is 10.8. The highest BCUT2D eigenvalue weighted by Crippen LogP contribution is 2.25. The number of hydrogen-bond donors (Lipinski definition) is 1. The van der Waals surface area contributed by atoms with Crippen LogP contribution in [0.25, 0.3) is 11.3 Å². The molecule has 1 amide bonds. The minimum Gasteiger partial charge on any atom is -0.483 e. The molecule has 0 saturated carbocycles. The number of nitrogens with zero attached hydrogens (tertiary/aromatic N) is 2. The molecule has 8 heteroatoms. The molecule has 3 rings (SSSR count). The summed E-state index contributed by atoms with van der Waals surface area (Å²) in [5, 5.41) is 14.7. The fourth-order valence-corrected chi connectivity index (χ4v) is 2.41. The summed E-state index contributed by atoms with van der Waals surface area (Å²) in [4.78, 5) is 22.2. The van der Waals surface area contributed by atoms with E-state index in [0.717, 1.165) is 5.56 Å². The molecule has 0 aliphatic heterocycles. The molecule has 0 unspecified atom stereocenters. The van der Waals surface area contributed by atoms with E-state index in [1.165, 1.54) is 18.3 Å². The average molecular weight is 379 g/mol. The molecule has 0 spiro atoms. The molecule has 0 aliphatic rings. The van der Waals surface area contributed by atoms with Gasteiger partial charge >= 0.3 is 0 Å². The van der Waals surface area contributed by atoms with Gasteiger partial charge in [-0.15, -0.1) is 0 Å². The number of para-hydroxylation sites is 1. The van der Waals surface area contributed by atoms with Gasteiger partial charge in [0, 0.05) is 17.7 Å². The molecular weight excluding hydrogens is 362 g/mol. The van der Waals surface area contributed by atoms with Crippen LogP contribution >= 0.6 is 0 Å². The lowest BCUT2D eigenvalue weighted by Gasteiger charge is -2.07. The second-order valence-corrected chi connectivity index (χ2v) is 5.86. The number of nitro groups is 1. The molecule has 1 heterocycles. The molecule has 0 bridgehead atoms. The maximum Gasteiger partial charge on any atom is 0.277 e. The van der Waals surface area contributed by atoms with Gasteiger partial charge in [-0.2, -0.15) is 5.10 Å². The number of furan rings is 1. The highest BCUT2D eigenvalue weighted by atomic mass is 16.6. The minimum absolute atomic E-state index is 0.0231. The van der Waals surface area contributed by atoms with Gasteiger partial charge in [-0.1, -0.05) is 30.3 Å². The summed E-state index contributed by atoms with van der Waals surface area (Å²) in [7, 11) is 0. The predicted molar refractivity (Wildman–Crippen MR) is 103 cm³/mol. The second kappa shape index (κ2) is 8.63. The number of carbonyl (C=O) groups is 1. The third kappa shape index (κ3) is 4.82. The number of non-ortho nitro benzene ring substituents is 1. The van der Waals surface area contributed by atoms with E-state index >= 15 is 0 Å². The fraction of sp³-hybridized carbons (Fsp3) is 0.100. The first-order valence-corrected chi connectivity index (χ1v) is 8.38. The first-order chi connectivity index (χ1) is 13.5. The Labute approximate surface area is 160 Å². The Morgan fingerprint density at radius 3 is 2.82 bits per heavy atom. The van der Waals surface area contributed by atoms with Gasteiger partial charge in [-0.05, 0) is 30.7 Å². The van der Waals surface area contributed by atoms with E-state index in [4.69, 9.17) is 9.15 Å². The number of aryl methyl sites for hydroxylation is 1. The summed E-state index contributed by atoms with van der Waals surface area (Å²) in [6.07, 6.45) is 1.34. The summed E-state index contributed by atoms with van der Waals surface area (Å²) in [6.45, 7) is 1.72. The second-order valence-electron chi connectivity index (χ2n) is 5.86. The molecule has 8 nitrogen and oxygen atoms in total. The standard InChI is InChI=1S/C20H17N3O5/c1-14-5-2-3-8-18(14)27-13-20(24)22-21-12-17-9-10-19(28-17)15-6-4-7-16(11-15)23(25)26/h2-12H,13H2,1H3,(H,22,24)/b21-12+. The van der Waals surface area contributed by atoms with Crippen molar-refractivity contribution in [3.8, 4) is 17.1 Å². The Morgan fingerprint density at radius 1 is 1.21 bits per heavy atom. The van der Waals surface area contributed by atoms with Gasteiger partial charge in [0.25, 0.3) is 11.6 Å². The topological polar surface area (TPSA) is 107 Å². The highest BCUT2D eigenvalue weighted by molar-refractivity contribution is 5.81. The Balaban J connectivity index is 1.55. The van der Waals surface area contributed by atoms with Crippen molar-refractivity contribution in [1.29, 1.82) is 0 Å². The van der Waals surface area contributed by atoms with Crippen LogP contribution in [0.4, 0.5) is 5.69 Å². The van der Waals surface area contributed by atoms with Crippen molar-refractivity contribution in [2.45, 2.75) is 6.92 Å². The van der Waals surface area contributed by atoms with Crippen molar-refractivity contribution in [3.63, 3.8) is 0 Å². The number of benzene rings is 2. The molecule has 2 aromatic carbocycles. The van der Waals surface area contributed by atoms with Crippen LogP contribution in [0.15, 0.2) is 70.2 Å². The van der Waals surface area contributed by atoms with E-state index < -0.39 is 10.8 Å². The van der Waals surface area contributed by atoms with Crippen LogP contribution in [0.2, 0.25) is 0 Å². The predicted octanol–water partition coefficient (Wildman–Crippen LogP) is 3.69. The summed E-state index contributed by atoms with van der Waals surface area (Å²) in [6, 6.07) is 16.8. The zero-order chi connectivity index (χ0) is 19.9. The van der Waals surface area contributed by atoms with E-state index in [2.05, 4.69) is 10.5 Å². The van der Waals surface area contributed by atoms with Crippen LogP contribution in [0, 0.1) is 17.0 Å². The minimum atomic E-state index is -0.469. The average Bonchev–Trinajstić information content (AvgIpc) is 3.16. The molecule has 0 saturated heterocycles. The third-order valence-electron chi connectivity index (χ3n) is 3.80. The van der Waals surface area contributed by atoms with Crippen molar-refractivity contribution in [2.75, 3.05) is 6.61 Å².